The zero-order valence-electron chi connectivity index (χ0n) is 41.2. The summed E-state index contributed by atoms with van der Waals surface area (Å²) in [5.74, 6) is -0.561. The smallest absolute Gasteiger partial charge is 0.393 e. The van der Waals surface area contributed by atoms with Gasteiger partial charge in [-0.1, -0.05) is 212 Å². The van der Waals surface area contributed by atoms with Gasteiger partial charge in [0.1, 0.15) is 36.6 Å². The third kappa shape index (κ3) is 32.5. The fraction of sp³-hybridized carbons (Fsp3) is 0.941. The van der Waals surface area contributed by atoms with Crippen molar-refractivity contribution in [1.82, 2.24) is 5.32 Å². The van der Waals surface area contributed by atoms with E-state index in [1.165, 1.54) is 135 Å². The van der Waals surface area contributed by atoms with Gasteiger partial charge in [0.25, 0.3) is 0 Å². The molecule has 0 saturated heterocycles. The van der Waals surface area contributed by atoms with Crippen LogP contribution in [0.4, 0.5) is 0 Å². The number of carbonyl (C=O) groups is 1. The van der Waals surface area contributed by atoms with Crippen molar-refractivity contribution >= 4 is 13.7 Å². The first-order chi connectivity index (χ1) is 31.3. The number of phosphoric acid groups is 1. The molecule has 0 spiro atoms. The first-order valence-corrected chi connectivity index (χ1v) is 28.2. The summed E-state index contributed by atoms with van der Waals surface area (Å²) in [6.45, 7) is 3.82. The second-order valence-corrected chi connectivity index (χ2v) is 20.7. The summed E-state index contributed by atoms with van der Waals surface area (Å²) in [6, 6.07) is -1.15. The molecule has 1 rings (SSSR count). The third-order valence-electron chi connectivity index (χ3n) is 13.1. The number of phosphoric ester groups is 1. The van der Waals surface area contributed by atoms with Crippen molar-refractivity contribution in [2.75, 3.05) is 6.61 Å². The van der Waals surface area contributed by atoms with Crippen LogP contribution in [0.1, 0.15) is 245 Å². The molecular weight excluding hydrogens is 850 g/mol. The van der Waals surface area contributed by atoms with Crippen molar-refractivity contribution in [3.05, 3.63) is 12.2 Å². The number of amides is 1. The molecule has 8 unspecified atom stereocenters. The molecule has 0 radical (unpaired) electrons. The molecule has 0 aromatic rings. The second-order valence-electron chi connectivity index (χ2n) is 19.3. The SMILES string of the molecule is CCCCCCCCCCCC/C=C\CCCCCCCC(O)CC(=O)NC(COP(=O)(O)OC1C(O)C(O)C(O)C(O)C1O)C(O)CCCCCCCCCCCCCCCCCC. The zero-order chi connectivity index (χ0) is 48.0. The maximum atomic E-state index is 13.1. The van der Waals surface area contributed by atoms with Crippen LogP contribution >= 0.6 is 7.82 Å². The Hall–Kier alpha value is -0.960. The molecular formula is C51H100NO12P. The van der Waals surface area contributed by atoms with Gasteiger partial charge in [0.05, 0.1) is 31.3 Å². The van der Waals surface area contributed by atoms with Gasteiger partial charge in [-0.15, -0.1) is 0 Å². The van der Waals surface area contributed by atoms with Crippen molar-refractivity contribution in [2.45, 2.75) is 300 Å². The van der Waals surface area contributed by atoms with E-state index < -0.39 is 75.2 Å². The fourth-order valence-electron chi connectivity index (χ4n) is 8.77. The Morgan fingerprint density at radius 2 is 0.862 bits per heavy atom. The first kappa shape index (κ1) is 62.1. The van der Waals surface area contributed by atoms with Crippen LogP contribution in [0.3, 0.4) is 0 Å². The molecule has 9 N–H and O–H groups in total. The Labute approximate surface area is 395 Å². The van der Waals surface area contributed by atoms with E-state index in [9.17, 15) is 50.0 Å². The summed E-state index contributed by atoms with van der Waals surface area (Å²) in [4.78, 5) is 23.6. The van der Waals surface area contributed by atoms with Gasteiger partial charge in [0.15, 0.2) is 0 Å². The number of hydrogen-bond donors (Lipinski definition) is 9. The van der Waals surface area contributed by atoms with Gasteiger partial charge >= 0.3 is 7.82 Å². The molecule has 0 bridgehead atoms. The molecule has 0 aromatic heterocycles. The van der Waals surface area contributed by atoms with Gasteiger partial charge in [-0.2, -0.15) is 0 Å². The van der Waals surface area contributed by atoms with E-state index in [-0.39, 0.29) is 12.8 Å². The van der Waals surface area contributed by atoms with Crippen LogP contribution < -0.4 is 5.32 Å². The number of allylic oxidation sites excluding steroid dienone is 2. The van der Waals surface area contributed by atoms with Gasteiger partial charge in [-0.3, -0.25) is 13.8 Å². The summed E-state index contributed by atoms with van der Waals surface area (Å²) < 4.78 is 23.0. The number of nitrogens with one attached hydrogen (secondary N) is 1. The Kier molecular flexibility index (Phi) is 39.0. The molecule has 1 aliphatic rings. The third-order valence-corrected chi connectivity index (χ3v) is 14.1. The Morgan fingerprint density at radius 3 is 1.26 bits per heavy atom. The fourth-order valence-corrected chi connectivity index (χ4v) is 9.74. The maximum absolute atomic E-state index is 13.1. The van der Waals surface area contributed by atoms with Crippen molar-refractivity contribution in [2.24, 2.45) is 0 Å². The molecule has 13 nitrogen and oxygen atoms in total. The Morgan fingerprint density at radius 1 is 0.523 bits per heavy atom. The molecule has 1 saturated carbocycles. The lowest BCUT2D eigenvalue weighted by molar-refractivity contribution is -0.220. The second kappa shape index (κ2) is 40.9. The summed E-state index contributed by atoms with van der Waals surface area (Å²) in [5.41, 5.74) is 0. The monoisotopic (exact) mass is 950 g/mol. The molecule has 0 heterocycles. The Bertz CT molecular complexity index is 1170. The maximum Gasteiger partial charge on any atom is 0.472 e. The molecule has 1 amide bonds. The van der Waals surface area contributed by atoms with Crippen LogP contribution in [0.25, 0.3) is 0 Å². The molecule has 386 valence electrons. The van der Waals surface area contributed by atoms with Crippen molar-refractivity contribution < 1.29 is 59.0 Å². The highest BCUT2D eigenvalue weighted by atomic mass is 31.2. The highest BCUT2D eigenvalue weighted by Gasteiger charge is 2.51. The van der Waals surface area contributed by atoms with E-state index in [4.69, 9.17) is 9.05 Å². The van der Waals surface area contributed by atoms with E-state index >= 15 is 0 Å². The van der Waals surface area contributed by atoms with Crippen LogP contribution in [-0.4, -0.2) is 108 Å². The number of hydrogen-bond acceptors (Lipinski definition) is 11. The molecule has 0 aromatic carbocycles. The first-order valence-electron chi connectivity index (χ1n) is 26.7. The minimum Gasteiger partial charge on any atom is -0.393 e. The average Bonchev–Trinajstić information content (AvgIpc) is 3.28. The summed E-state index contributed by atoms with van der Waals surface area (Å²) >= 11 is 0. The largest absolute Gasteiger partial charge is 0.472 e. The van der Waals surface area contributed by atoms with E-state index in [2.05, 4.69) is 31.3 Å². The quantitative estimate of drug-likeness (QED) is 0.0158. The van der Waals surface area contributed by atoms with Crippen LogP contribution in [-0.2, 0) is 18.4 Å². The van der Waals surface area contributed by atoms with Gasteiger partial charge in [0.2, 0.25) is 5.91 Å². The number of aliphatic hydroxyl groups excluding tert-OH is 7. The normalized spacial score (nSPS) is 22.6. The minimum atomic E-state index is -5.12. The highest BCUT2D eigenvalue weighted by Crippen LogP contribution is 2.47. The topological polar surface area (TPSA) is 226 Å². The number of aliphatic hydroxyl groups is 7. The predicted octanol–water partition coefficient (Wildman–Crippen LogP) is 10.2. The lowest BCUT2D eigenvalue weighted by atomic mass is 9.85. The lowest BCUT2D eigenvalue weighted by Gasteiger charge is -2.41. The lowest BCUT2D eigenvalue weighted by Crippen LogP contribution is -2.64. The molecule has 14 heteroatoms. The van der Waals surface area contributed by atoms with E-state index in [1.54, 1.807) is 0 Å². The van der Waals surface area contributed by atoms with Crippen molar-refractivity contribution in [1.29, 1.82) is 0 Å². The van der Waals surface area contributed by atoms with Crippen LogP contribution in [0.15, 0.2) is 12.2 Å². The van der Waals surface area contributed by atoms with Crippen molar-refractivity contribution in [3.63, 3.8) is 0 Å². The average molecular weight is 950 g/mol. The van der Waals surface area contributed by atoms with Crippen molar-refractivity contribution in [3.8, 4) is 0 Å². The zero-order valence-corrected chi connectivity index (χ0v) is 42.1. The highest BCUT2D eigenvalue weighted by molar-refractivity contribution is 7.47. The molecule has 1 fully saturated rings. The summed E-state index contributed by atoms with van der Waals surface area (Å²) in [7, 11) is -5.12. The summed E-state index contributed by atoms with van der Waals surface area (Å²) in [6.07, 6.45) is 31.1. The van der Waals surface area contributed by atoms with Gasteiger partial charge in [0, 0.05) is 0 Å². The van der Waals surface area contributed by atoms with E-state index in [1.807, 2.05) is 0 Å². The summed E-state index contributed by atoms with van der Waals surface area (Å²) in [5, 5.41) is 74.9. The number of carbonyl (C=O) groups excluding carboxylic acids is 1. The van der Waals surface area contributed by atoms with Crippen LogP contribution in [0.2, 0.25) is 0 Å². The van der Waals surface area contributed by atoms with Crippen LogP contribution in [0.5, 0.6) is 0 Å². The molecule has 0 aliphatic heterocycles. The van der Waals surface area contributed by atoms with E-state index in [0.717, 1.165) is 70.6 Å². The van der Waals surface area contributed by atoms with E-state index in [0.29, 0.717) is 12.8 Å². The minimum absolute atomic E-state index is 0.224. The standard InChI is InChI=1S/C51H100NO12P/c1-3-5-7-9-11-13-15-17-19-21-22-23-24-26-28-30-32-34-36-38-42(53)40-45(55)52-43(41-63-65(61,62)64-51-49(59)47(57)46(56)48(58)50(51)60)44(54)39-37-35-33-31-29-27-25-20-18-16-14-12-10-8-6-4-2/h23-24,42-44,46-51,53-54,56-60H,3-22,25-41H2,1-2H3,(H,52,55)(H,61,62)/b24-23-. The number of unbranched alkanes of at least 4 members (excludes halogenated alkanes) is 30. The Balaban J connectivity index is 2.44. The van der Waals surface area contributed by atoms with Crippen LogP contribution in [0, 0.1) is 0 Å². The van der Waals surface area contributed by atoms with Gasteiger partial charge in [-0.25, -0.2) is 4.57 Å². The van der Waals surface area contributed by atoms with Gasteiger partial charge < -0.3 is 46.0 Å². The molecule has 1 aliphatic carbocycles. The molecule has 8 atom stereocenters. The predicted molar refractivity (Wildman–Crippen MR) is 261 cm³/mol. The number of rotatable bonds is 45. The molecule has 65 heavy (non-hydrogen) atoms. The van der Waals surface area contributed by atoms with Gasteiger partial charge in [-0.05, 0) is 38.5 Å².